The van der Waals surface area contributed by atoms with Gasteiger partial charge in [-0.1, -0.05) is 23.7 Å². The highest BCUT2D eigenvalue weighted by Crippen LogP contribution is 2.40. The maximum Gasteiger partial charge on any atom is 0.138 e. The van der Waals surface area contributed by atoms with Crippen LogP contribution in [0.2, 0.25) is 5.02 Å². The Hall–Kier alpha value is -1.73. The minimum absolute atomic E-state index is 0.742. The van der Waals surface area contributed by atoms with Crippen molar-refractivity contribution in [2.24, 2.45) is 0 Å². The van der Waals surface area contributed by atoms with Crippen molar-refractivity contribution in [1.82, 2.24) is 14.9 Å². The standard InChI is InChI=1S/C19H21ClN4OS/c1-13-16(14-2-4-15(20)5-3-14)17-18(22-12-23-19(17)26-13)21-6-7-24-8-10-25-11-9-24/h2-5,12H,6-11H2,1H3,(H,21,22,23). The van der Waals surface area contributed by atoms with Gasteiger partial charge in [0.05, 0.1) is 18.6 Å². The Kier molecular flexibility index (Phi) is 5.36. The van der Waals surface area contributed by atoms with Crippen molar-refractivity contribution in [3.8, 4) is 11.1 Å². The third-order valence-corrected chi connectivity index (χ3v) is 5.89. The highest BCUT2D eigenvalue weighted by molar-refractivity contribution is 7.19. The number of aryl methyl sites for hydroxylation is 1. The van der Waals surface area contributed by atoms with Crippen LogP contribution in [0, 0.1) is 6.92 Å². The first kappa shape index (κ1) is 17.7. The van der Waals surface area contributed by atoms with E-state index in [2.05, 4.69) is 39.2 Å². The lowest BCUT2D eigenvalue weighted by atomic mass is 10.0. The van der Waals surface area contributed by atoms with Crippen LogP contribution in [0.25, 0.3) is 21.3 Å². The molecule has 1 aromatic carbocycles. The summed E-state index contributed by atoms with van der Waals surface area (Å²) in [7, 11) is 0. The zero-order valence-corrected chi connectivity index (χ0v) is 16.2. The van der Waals surface area contributed by atoms with Crippen molar-refractivity contribution in [3.63, 3.8) is 0 Å². The number of halogens is 1. The average molecular weight is 389 g/mol. The third kappa shape index (κ3) is 3.69. The summed E-state index contributed by atoms with van der Waals surface area (Å²) >= 11 is 7.76. The lowest BCUT2D eigenvalue weighted by Crippen LogP contribution is -2.39. The van der Waals surface area contributed by atoms with Crippen molar-refractivity contribution in [3.05, 3.63) is 40.5 Å². The quantitative estimate of drug-likeness (QED) is 0.714. The lowest BCUT2D eigenvalue weighted by molar-refractivity contribution is 0.0398. The van der Waals surface area contributed by atoms with Crippen LogP contribution < -0.4 is 5.32 Å². The molecule has 0 bridgehead atoms. The number of rotatable bonds is 5. The molecule has 1 fully saturated rings. The number of benzene rings is 1. The van der Waals surface area contributed by atoms with Crippen LogP contribution in [0.1, 0.15) is 4.88 Å². The van der Waals surface area contributed by atoms with Gasteiger partial charge < -0.3 is 10.1 Å². The molecule has 0 unspecified atom stereocenters. The van der Waals surface area contributed by atoms with Crippen molar-refractivity contribution < 1.29 is 4.74 Å². The van der Waals surface area contributed by atoms with Crippen LogP contribution in [0.3, 0.4) is 0 Å². The fraction of sp³-hybridized carbons (Fsp3) is 0.368. The zero-order chi connectivity index (χ0) is 17.9. The second-order valence-electron chi connectivity index (χ2n) is 6.32. The molecular formula is C19H21ClN4OS. The predicted molar refractivity (Wildman–Crippen MR) is 108 cm³/mol. The molecule has 3 heterocycles. The Labute approximate surface area is 162 Å². The molecule has 7 heteroatoms. The molecule has 0 amide bonds. The summed E-state index contributed by atoms with van der Waals surface area (Å²) in [6.45, 7) is 7.59. The Morgan fingerprint density at radius 2 is 1.96 bits per heavy atom. The number of hydrogen-bond donors (Lipinski definition) is 1. The van der Waals surface area contributed by atoms with Gasteiger partial charge in [-0.2, -0.15) is 0 Å². The van der Waals surface area contributed by atoms with E-state index in [4.69, 9.17) is 16.3 Å². The fourth-order valence-electron chi connectivity index (χ4n) is 3.30. The highest BCUT2D eigenvalue weighted by atomic mass is 35.5. The molecule has 1 saturated heterocycles. The van der Waals surface area contributed by atoms with E-state index in [1.54, 1.807) is 17.7 Å². The van der Waals surface area contributed by atoms with Gasteiger partial charge in [-0.15, -0.1) is 11.3 Å². The van der Waals surface area contributed by atoms with Gasteiger partial charge in [-0.3, -0.25) is 4.90 Å². The molecule has 1 N–H and O–H groups in total. The number of hydrogen-bond acceptors (Lipinski definition) is 6. The second kappa shape index (κ2) is 7.88. The number of ether oxygens (including phenoxy) is 1. The average Bonchev–Trinajstić information content (AvgIpc) is 3.00. The van der Waals surface area contributed by atoms with Crippen LogP contribution in [0.5, 0.6) is 0 Å². The summed E-state index contributed by atoms with van der Waals surface area (Å²) in [6, 6.07) is 7.97. The summed E-state index contributed by atoms with van der Waals surface area (Å²) in [6.07, 6.45) is 1.64. The van der Waals surface area contributed by atoms with E-state index >= 15 is 0 Å². The van der Waals surface area contributed by atoms with E-state index in [0.717, 1.165) is 66.0 Å². The van der Waals surface area contributed by atoms with E-state index in [1.807, 2.05) is 12.1 Å². The molecule has 0 radical (unpaired) electrons. The van der Waals surface area contributed by atoms with Crippen LogP contribution in [0.15, 0.2) is 30.6 Å². The smallest absolute Gasteiger partial charge is 0.138 e. The number of nitrogens with one attached hydrogen (secondary N) is 1. The number of thiophene rings is 1. The fourth-order valence-corrected chi connectivity index (χ4v) is 4.44. The summed E-state index contributed by atoms with van der Waals surface area (Å²) in [5, 5.41) is 5.36. The van der Waals surface area contributed by atoms with Crippen LogP contribution in [-0.4, -0.2) is 54.3 Å². The summed E-state index contributed by atoms with van der Waals surface area (Å²) in [5.74, 6) is 0.901. The van der Waals surface area contributed by atoms with Gasteiger partial charge in [-0.25, -0.2) is 9.97 Å². The van der Waals surface area contributed by atoms with Crippen LogP contribution in [0.4, 0.5) is 5.82 Å². The number of fused-ring (bicyclic) bond motifs is 1. The first-order valence-electron chi connectivity index (χ1n) is 8.76. The van der Waals surface area contributed by atoms with Gasteiger partial charge in [0.25, 0.3) is 0 Å². The molecule has 0 aliphatic carbocycles. The molecule has 0 saturated carbocycles. The molecule has 0 spiro atoms. The molecule has 1 aliphatic heterocycles. The summed E-state index contributed by atoms with van der Waals surface area (Å²) in [4.78, 5) is 13.7. The van der Waals surface area contributed by atoms with Crippen molar-refractivity contribution in [1.29, 1.82) is 0 Å². The van der Waals surface area contributed by atoms with Gasteiger partial charge in [0, 0.05) is 41.6 Å². The van der Waals surface area contributed by atoms with E-state index < -0.39 is 0 Å². The minimum Gasteiger partial charge on any atom is -0.379 e. The molecule has 0 atom stereocenters. The first-order chi connectivity index (χ1) is 12.7. The molecule has 4 rings (SSSR count). The molecular weight excluding hydrogens is 368 g/mol. The maximum absolute atomic E-state index is 6.06. The number of aromatic nitrogens is 2. The molecule has 1 aliphatic rings. The Morgan fingerprint density at radius 1 is 1.19 bits per heavy atom. The monoisotopic (exact) mass is 388 g/mol. The Bertz CT molecular complexity index is 890. The first-order valence-corrected chi connectivity index (χ1v) is 9.96. The topological polar surface area (TPSA) is 50.3 Å². The van der Waals surface area contributed by atoms with Crippen molar-refractivity contribution in [2.45, 2.75) is 6.92 Å². The number of nitrogens with zero attached hydrogens (tertiary/aromatic N) is 3. The summed E-state index contributed by atoms with van der Waals surface area (Å²) in [5.41, 5.74) is 2.33. The van der Waals surface area contributed by atoms with Crippen molar-refractivity contribution in [2.75, 3.05) is 44.7 Å². The Morgan fingerprint density at radius 3 is 2.73 bits per heavy atom. The zero-order valence-electron chi connectivity index (χ0n) is 14.7. The van der Waals surface area contributed by atoms with Crippen molar-refractivity contribution >= 4 is 39.0 Å². The van der Waals surface area contributed by atoms with E-state index in [1.165, 1.54) is 10.4 Å². The lowest BCUT2D eigenvalue weighted by Gasteiger charge is -2.26. The minimum atomic E-state index is 0.742. The van der Waals surface area contributed by atoms with Crippen LogP contribution in [-0.2, 0) is 4.74 Å². The Balaban J connectivity index is 1.61. The predicted octanol–water partition coefficient (Wildman–Crippen LogP) is 4.06. The van der Waals surface area contributed by atoms with Gasteiger partial charge in [0.2, 0.25) is 0 Å². The van der Waals surface area contributed by atoms with E-state index in [-0.39, 0.29) is 0 Å². The number of anilines is 1. The van der Waals surface area contributed by atoms with Gasteiger partial charge in [0.15, 0.2) is 0 Å². The van der Waals surface area contributed by atoms with Gasteiger partial charge >= 0.3 is 0 Å². The normalized spacial score (nSPS) is 15.5. The highest BCUT2D eigenvalue weighted by Gasteiger charge is 2.17. The summed E-state index contributed by atoms with van der Waals surface area (Å²) < 4.78 is 5.41. The largest absolute Gasteiger partial charge is 0.379 e. The van der Waals surface area contributed by atoms with Gasteiger partial charge in [0.1, 0.15) is 17.0 Å². The molecule has 136 valence electrons. The molecule has 5 nitrogen and oxygen atoms in total. The van der Waals surface area contributed by atoms with E-state index in [9.17, 15) is 0 Å². The maximum atomic E-state index is 6.06. The second-order valence-corrected chi connectivity index (χ2v) is 7.96. The number of morpholine rings is 1. The van der Waals surface area contributed by atoms with Crippen LogP contribution >= 0.6 is 22.9 Å². The molecule has 26 heavy (non-hydrogen) atoms. The molecule has 2 aromatic heterocycles. The SMILES string of the molecule is Cc1sc2ncnc(NCCN3CCOCC3)c2c1-c1ccc(Cl)cc1. The third-order valence-electron chi connectivity index (χ3n) is 4.62. The van der Waals surface area contributed by atoms with Gasteiger partial charge in [-0.05, 0) is 24.6 Å². The van der Waals surface area contributed by atoms with E-state index in [0.29, 0.717) is 0 Å². The molecule has 3 aromatic rings.